The van der Waals surface area contributed by atoms with Crippen molar-refractivity contribution in [3.8, 4) is 5.75 Å². The molecule has 152 valence electrons. The number of aliphatic carboxylic acids is 1. The van der Waals surface area contributed by atoms with Crippen molar-refractivity contribution < 1.29 is 19.4 Å². The molecule has 3 N–H and O–H groups in total. The molecule has 0 fully saturated rings. The maximum atomic E-state index is 12.9. The van der Waals surface area contributed by atoms with Crippen molar-refractivity contribution in [1.82, 2.24) is 9.78 Å². The van der Waals surface area contributed by atoms with Gasteiger partial charge < -0.3 is 20.5 Å². The van der Waals surface area contributed by atoms with Gasteiger partial charge in [0.05, 0.1) is 19.3 Å². The monoisotopic (exact) mass is 468 g/mol. The number of halogens is 1. The second kappa shape index (κ2) is 8.03. The Balaban J connectivity index is 1.68. The van der Waals surface area contributed by atoms with Gasteiger partial charge in [0.15, 0.2) is 0 Å². The number of carbonyl (C=O) groups excluding carboxylic acids is 1. The van der Waals surface area contributed by atoms with Gasteiger partial charge in [-0.3, -0.25) is 4.79 Å². The second-order valence-electron chi connectivity index (χ2n) is 6.54. The maximum absolute atomic E-state index is 12.9. The van der Waals surface area contributed by atoms with Crippen LogP contribution in [0.2, 0.25) is 0 Å². The van der Waals surface area contributed by atoms with Gasteiger partial charge in [-0.05, 0) is 48.0 Å². The van der Waals surface area contributed by atoms with Crippen LogP contribution in [0.4, 0.5) is 11.5 Å². The van der Waals surface area contributed by atoms with Crippen LogP contribution in [0.5, 0.6) is 5.75 Å². The highest BCUT2D eigenvalue weighted by Crippen LogP contribution is 2.33. The number of aromatic nitrogens is 2. The van der Waals surface area contributed by atoms with Gasteiger partial charge in [-0.2, -0.15) is 5.10 Å². The quantitative estimate of drug-likeness (QED) is 0.524. The molecule has 1 aliphatic heterocycles. The molecule has 0 bridgehead atoms. The second-order valence-corrected chi connectivity index (χ2v) is 7.46. The van der Waals surface area contributed by atoms with E-state index in [0.717, 1.165) is 10.0 Å². The number of ether oxygens (including phenoxy) is 1. The molecule has 1 amide bonds. The van der Waals surface area contributed by atoms with Crippen molar-refractivity contribution in [2.75, 3.05) is 17.7 Å². The fraction of sp³-hybridized carbons (Fsp3) is 0.0952. The Morgan fingerprint density at radius 1 is 1.17 bits per heavy atom. The van der Waals surface area contributed by atoms with Crippen LogP contribution in [-0.2, 0) is 4.79 Å². The minimum absolute atomic E-state index is 0.0191. The number of rotatable bonds is 5. The summed E-state index contributed by atoms with van der Waals surface area (Å²) >= 11 is 3.39. The first-order valence-corrected chi connectivity index (χ1v) is 9.76. The number of hydrogen-bond acceptors (Lipinski definition) is 5. The highest BCUT2D eigenvalue weighted by molar-refractivity contribution is 9.10. The van der Waals surface area contributed by atoms with E-state index in [9.17, 15) is 14.7 Å². The highest BCUT2D eigenvalue weighted by atomic mass is 79.9. The number of methoxy groups -OCH3 is 1. The molecular formula is C21H17BrN4O4. The third-order valence-corrected chi connectivity index (χ3v) is 5.20. The molecule has 0 saturated carbocycles. The number of nitrogens with one attached hydrogen (secondary N) is 2. The molecule has 2 aromatic carbocycles. The lowest BCUT2D eigenvalue weighted by Gasteiger charge is -2.24. The van der Waals surface area contributed by atoms with Crippen LogP contribution >= 0.6 is 15.9 Å². The van der Waals surface area contributed by atoms with Crippen LogP contribution in [0.15, 0.2) is 71.0 Å². The van der Waals surface area contributed by atoms with Gasteiger partial charge in [0.25, 0.3) is 5.91 Å². The van der Waals surface area contributed by atoms with Gasteiger partial charge >= 0.3 is 5.97 Å². The van der Waals surface area contributed by atoms with Crippen LogP contribution in [-0.4, -0.2) is 33.9 Å². The van der Waals surface area contributed by atoms with E-state index in [4.69, 9.17) is 4.74 Å². The van der Waals surface area contributed by atoms with Gasteiger partial charge in [0.1, 0.15) is 22.8 Å². The van der Waals surface area contributed by atoms with Gasteiger partial charge in [0.2, 0.25) is 0 Å². The number of carboxylic acids is 1. The summed E-state index contributed by atoms with van der Waals surface area (Å²) in [6, 6.07) is 13.9. The van der Waals surface area contributed by atoms with E-state index in [-0.39, 0.29) is 11.3 Å². The number of amides is 1. The minimum atomic E-state index is -1.12. The van der Waals surface area contributed by atoms with Crippen molar-refractivity contribution in [2.45, 2.75) is 6.04 Å². The molecule has 2 heterocycles. The molecule has 8 nitrogen and oxygen atoms in total. The SMILES string of the molecule is COc1ccc(NC(=O)c2cnn3c2NC(C(=O)O)=C[C@H]3c2ccc(Br)cc2)cc1. The number of allylic oxidation sites excluding steroid dienone is 1. The molecule has 3 aromatic rings. The number of nitrogens with zero attached hydrogens (tertiary/aromatic N) is 2. The van der Waals surface area contributed by atoms with E-state index in [2.05, 4.69) is 31.7 Å². The van der Waals surface area contributed by atoms with Gasteiger partial charge in [0, 0.05) is 10.2 Å². The average molecular weight is 469 g/mol. The van der Waals surface area contributed by atoms with E-state index in [0.29, 0.717) is 17.3 Å². The largest absolute Gasteiger partial charge is 0.497 e. The zero-order chi connectivity index (χ0) is 21.3. The molecule has 0 spiro atoms. The lowest BCUT2D eigenvalue weighted by atomic mass is 10.0. The molecule has 9 heteroatoms. The molecule has 4 rings (SSSR count). The van der Waals surface area contributed by atoms with E-state index in [1.165, 1.54) is 6.20 Å². The average Bonchev–Trinajstić information content (AvgIpc) is 3.18. The fourth-order valence-corrected chi connectivity index (χ4v) is 3.42. The molecule has 0 aliphatic carbocycles. The summed E-state index contributed by atoms with van der Waals surface area (Å²) in [6.07, 6.45) is 2.99. The Morgan fingerprint density at radius 2 is 1.87 bits per heavy atom. The zero-order valence-corrected chi connectivity index (χ0v) is 17.4. The van der Waals surface area contributed by atoms with Crippen molar-refractivity contribution >= 4 is 39.3 Å². The first-order valence-electron chi connectivity index (χ1n) is 8.97. The molecule has 1 atom stereocenters. The normalized spacial score (nSPS) is 14.9. The summed E-state index contributed by atoms with van der Waals surface area (Å²) in [5.74, 6) is -0.541. The maximum Gasteiger partial charge on any atom is 0.352 e. The van der Waals surface area contributed by atoms with Crippen molar-refractivity contribution in [2.24, 2.45) is 0 Å². The summed E-state index contributed by atoms with van der Waals surface area (Å²) in [5, 5.41) is 19.5. The molecule has 0 saturated heterocycles. The predicted octanol–water partition coefficient (Wildman–Crippen LogP) is 3.89. The van der Waals surface area contributed by atoms with Crippen molar-refractivity contribution in [1.29, 1.82) is 0 Å². The lowest BCUT2D eigenvalue weighted by Crippen LogP contribution is -2.25. The van der Waals surface area contributed by atoms with Crippen LogP contribution < -0.4 is 15.4 Å². The first kappa shape index (κ1) is 19.7. The Bertz CT molecular complexity index is 1140. The molecule has 30 heavy (non-hydrogen) atoms. The number of carbonyl (C=O) groups is 2. The lowest BCUT2D eigenvalue weighted by molar-refractivity contribution is -0.132. The zero-order valence-electron chi connectivity index (χ0n) is 15.8. The van der Waals surface area contributed by atoms with Crippen molar-refractivity contribution in [3.05, 3.63) is 82.1 Å². The topological polar surface area (TPSA) is 105 Å². The summed E-state index contributed by atoms with van der Waals surface area (Å²) in [5.41, 5.74) is 1.63. The Kier molecular flexibility index (Phi) is 5.28. The number of anilines is 2. The minimum Gasteiger partial charge on any atom is -0.497 e. The standard InChI is InChI=1S/C21H17BrN4O4/c1-30-15-8-6-14(7-9-15)24-20(27)16-11-23-26-18(12-2-4-13(22)5-3-12)10-17(21(28)29)25-19(16)26/h2-11,18,25H,1H3,(H,24,27)(H,28,29)/t18-/m0/s1. The molecule has 0 unspecified atom stereocenters. The number of hydrogen-bond donors (Lipinski definition) is 3. The number of benzene rings is 2. The van der Waals surface area contributed by atoms with E-state index in [1.54, 1.807) is 42.1 Å². The highest BCUT2D eigenvalue weighted by Gasteiger charge is 2.29. The Morgan fingerprint density at radius 3 is 2.50 bits per heavy atom. The third kappa shape index (κ3) is 3.79. The smallest absolute Gasteiger partial charge is 0.352 e. The Labute approximate surface area is 180 Å². The van der Waals surface area contributed by atoms with Crippen LogP contribution in [0.1, 0.15) is 22.0 Å². The summed E-state index contributed by atoms with van der Waals surface area (Å²) in [6.45, 7) is 0. The number of fused-ring (bicyclic) bond motifs is 1. The van der Waals surface area contributed by atoms with Gasteiger partial charge in [-0.1, -0.05) is 28.1 Å². The third-order valence-electron chi connectivity index (χ3n) is 4.67. The van der Waals surface area contributed by atoms with Crippen LogP contribution in [0.3, 0.4) is 0 Å². The first-order chi connectivity index (χ1) is 14.5. The summed E-state index contributed by atoms with van der Waals surface area (Å²) < 4.78 is 7.62. The van der Waals surface area contributed by atoms with Crippen molar-refractivity contribution in [3.63, 3.8) is 0 Å². The van der Waals surface area contributed by atoms with Crippen LogP contribution in [0.25, 0.3) is 0 Å². The van der Waals surface area contributed by atoms with E-state index in [1.807, 2.05) is 24.3 Å². The Hall–Kier alpha value is -3.59. The van der Waals surface area contributed by atoms with Gasteiger partial charge in [-0.15, -0.1) is 0 Å². The summed E-state index contributed by atoms with van der Waals surface area (Å²) in [7, 11) is 1.56. The fourth-order valence-electron chi connectivity index (χ4n) is 3.16. The van der Waals surface area contributed by atoms with Crippen LogP contribution in [0, 0.1) is 0 Å². The molecule has 1 aromatic heterocycles. The van der Waals surface area contributed by atoms with Gasteiger partial charge in [-0.25, -0.2) is 9.48 Å². The number of carboxylic acid groups (broad SMARTS) is 1. The van der Waals surface area contributed by atoms with E-state index < -0.39 is 17.9 Å². The summed E-state index contributed by atoms with van der Waals surface area (Å²) in [4.78, 5) is 24.5. The molecule has 0 radical (unpaired) electrons. The van der Waals surface area contributed by atoms with E-state index >= 15 is 0 Å². The predicted molar refractivity (Wildman–Crippen MR) is 115 cm³/mol. The molecule has 1 aliphatic rings. The molecular weight excluding hydrogens is 452 g/mol.